The lowest BCUT2D eigenvalue weighted by molar-refractivity contribution is 0.627. The van der Waals surface area contributed by atoms with Crippen LogP contribution in [0.4, 0.5) is 10.1 Å². The lowest BCUT2D eigenvalue weighted by atomic mass is 10.2. The first-order valence-electron chi connectivity index (χ1n) is 4.13. The average molecular weight is 177 g/mol. The number of halogens is 1. The second-order valence-corrected chi connectivity index (χ2v) is 2.74. The molecule has 0 spiro atoms. The number of anilines is 1. The van der Waals surface area contributed by atoms with Gasteiger partial charge in [0.1, 0.15) is 5.82 Å². The van der Waals surface area contributed by atoms with Crippen LogP contribution in [-0.2, 0) is 0 Å². The first kappa shape index (κ1) is 9.60. The largest absolute Gasteiger partial charge is 0.374 e. The van der Waals surface area contributed by atoms with Crippen LogP contribution in [0.2, 0.25) is 0 Å². The lowest BCUT2D eigenvalue weighted by Crippen LogP contribution is -2.00. The summed E-state index contributed by atoms with van der Waals surface area (Å²) in [5.41, 5.74) is 1.84. The van der Waals surface area contributed by atoms with Gasteiger partial charge in [0, 0.05) is 5.69 Å². The highest BCUT2D eigenvalue weighted by molar-refractivity contribution is 5.51. The van der Waals surface area contributed by atoms with E-state index >= 15 is 0 Å². The summed E-state index contributed by atoms with van der Waals surface area (Å²) in [5, 5.41) is 3.10. The van der Waals surface area contributed by atoms with E-state index in [9.17, 15) is 4.39 Å². The molecule has 0 aliphatic rings. The van der Waals surface area contributed by atoms with Gasteiger partial charge in [0.2, 0.25) is 0 Å². The van der Waals surface area contributed by atoms with E-state index in [1.165, 1.54) is 12.1 Å². The monoisotopic (exact) mass is 177 g/mol. The van der Waals surface area contributed by atoms with E-state index in [1.807, 2.05) is 6.92 Å². The number of aryl methyl sites for hydroxylation is 1. The summed E-state index contributed by atoms with van der Waals surface area (Å²) in [4.78, 5) is 0. The minimum absolute atomic E-state index is 0.204. The van der Waals surface area contributed by atoms with Gasteiger partial charge in [0.05, 0.1) is 6.54 Å². The molecule has 0 heterocycles. The summed E-state index contributed by atoms with van der Waals surface area (Å²) in [7, 11) is 0. The quantitative estimate of drug-likeness (QED) is 0.684. The van der Waals surface area contributed by atoms with Gasteiger partial charge in [0.25, 0.3) is 0 Å². The van der Waals surface area contributed by atoms with E-state index in [0.29, 0.717) is 6.54 Å². The van der Waals surface area contributed by atoms with E-state index in [1.54, 1.807) is 13.0 Å². The molecule has 1 rings (SSSR count). The molecular weight excluding hydrogens is 165 g/mol. The van der Waals surface area contributed by atoms with Gasteiger partial charge in [-0.2, -0.15) is 0 Å². The smallest absolute Gasteiger partial charge is 0.123 e. The zero-order chi connectivity index (χ0) is 9.68. The van der Waals surface area contributed by atoms with Crippen LogP contribution in [-0.4, -0.2) is 6.54 Å². The molecule has 1 aromatic rings. The Morgan fingerprint density at radius 1 is 1.46 bits per heavy atom. The van der Waals surface area contributed by atoms with Crippen LogP contribution in [0.1, 0.15) is 12.5 Å². The number of hydrogen-bond donors (Lipinski definition) is 1. The van der Waals surface area contributed by atoms with Crippen LogP contribution < -0.4 is 5.32 Å². The van der Waals surface area contributed by atoms with Crippen molar-refractivity contribution in [2.24, 2.45) is 0 Å². The standard InChI is InChI=1S/C11H12FN/c1-3-4-7-13-11-6-5-10(12)8-9(11)2/h5-6,8,13H,7H2,1-2H3. The second-order valence-electron chi connectivity index (χ2n) is 2.74. The molecule has 0 unspecified atom stereocenters. The number of nitrogens with one attached hydrogen (secondary N) is 1. The van der Waals surface area contributed by atoms with Gasteiger partial charge in [-0.25, -0.2) is 4.39 Å². The van der Waals surface area contributed by atoms with Crippen molar-refractivity contribution < 1.29 is 4.39 Å². The van der Waals surface area contributed by atoms with Gasteiger partial charge >= 0.3 is 0 Å². The molecule has 0 atom stereocenters. The molecule has 0 fully saturated rings. The van der Waals surface area contributed by atoms with Crippen molar-refractivity contribution in [2.75, 3.05) is 11.9 Å². The molecule has 0 bridgehead atoms. The molecule has 0 radical (unpaired) electrons. The number of rotatable bonds is 2. The van der Waals surface area contributed by atoms with Gasteiger partial charge in [0.15, 0.2) is 0 Å². The van der Waals surface area contributed by atoms with E-state index < -0.39 is 0 Å². The summed E-state index contributed by atoms with van der Waals surface area (Å²) >= 11 is 0. The average Bonchev–Trinajstić information content (AvgIpc) is 2.09. The topological polar surface area (TPSA) is 12.0 Å². The summed E-state index contributed by atoms with van der Waals surface area (Å²) in [5.74, 6) is 5.46. The minimum Gasteiger partial charge on any atom is -0.374 e. The third-order valence-electron chi connectivity index (χ3n) is 1.73. The van der Waals surface area contributed by atoms with E-state index in [0.717, 1.165) is 11.3 Å². The molecule has 0 aromatic heterocycles. The fourth-order valence-electron chi connectivity index (χ4n) is 1.05. The van der Waals surface area contributed by atoms with Gasteiger partial charge in [-0.15, -0.1) is 5.92 Å². The maximum absolute atomic E-state index is 12.7. The first-order chi connectivity index (χ1) is 6.24. The summed E-state index contributed by atoms with van der Waals surface area (Å²) in [6.07, 6.45) is 0. The summed E-state index contributed by atoms with van der Waals surface area (Å²) in [6, 6.07) is 4.67. The Bertz CT molecular complexity index is 347. The predicted molar refractivity (Wildman–Crippen MR) is 53.1 cm³/mol. The molecule has 1 aromatic carbocycles. The van der Waals surface area contributed by atoms with E-state index in [2.05, 4.69) is 17.2 Å². The molecule has 1 N–H and O–H groups in total. The molecule has 0 saturated carbocycles. The van der Waals surface area contributed by atoms with Gasteiger partial charge in [-0.3, -0.25) is 0 Å². The van der Waals surface area contributed by atoms with Crippen LogP contribution in [0.15, 0.2) is 18.2 Å². The van der Waals surface area contributed by atoms with Crippen LogP contribution >= 0.6 is 0 Å². The summed E-state index contributed by atoms with van der Waals surface area (Å²) < 4.78 is 12.7. The van der Waals surface area contributed by atoms with Crippen molar-refractivity contribution in [3.05, 3.63) is 29.6 Å². The zero-order valence-electron chi connectivity index (χ0n) is 7.82. The van der Waals surface area contributed by atoms with E-state index in [4.69, 9.17) is 0 Å². The third-order valence-corrected chi connectivity index (χ3v) is 1.73. The highest BCUT2D eigenvalue weighted by Gasteiger charge is 1.97. The molecule has 1 nitrogen and oxygen atoms in total. The summed E-state index contributed by atoms with van der Waals surface area (Å²) in [6.45, 7) is 4.26. The van der Waals surface area contributed by atoms with Crippen molar-refractivity contribution in [1.82, 2.24) is 0 Å². The van der Waals surface area contributed by atoms with Crippen LogP contribution in [0.25, 0.3) is 0 Å². The molecule has 0 saturated heterocycles. The number of benzene rings is 1. The van der Waals surface area contributed by atoms with Crippen LogP contribution in [0.5, 0.6) is 0 Å². The highest BCUT2D eigenvalue weighted by Crippen LogP contribution is 2.14. The molecule has 0 aliphatic carbocycles. The maximum Gasteiger partial charge on any atom is 0.123 e. The predicted octanol–water partition coefficient (Wildman–Crippen LogP) is 2.57. The molecule has 0 aliphatic heterocycles. The zero-order valence-corrected chi connectivity index (χ0v) is 7.82. The third kappa shape index (κ3) is 2.79. The van der Waals surface area contributed by atoms with E-state index in [-0.39, 0.29) is 5.82 Å². The molecular formula is C11H12FN. The van der Waals surface area contributed by atoms with Crippen LogP contribution in [0.3, 0.4) is 0 Å². The van der Waals surface area contributed by atoms with Gasteiger partial charge in [-0.05, 0) is 37.6 Å². The van der Waals surface area contributed by atoms with Crippen molar-refractivity contribution in [2.45, 2.75) is 13.8 Å². The second kappa shape index (κ2) is 4.51. The Hall–Kier alpha value is -1.49. The van der Waals surface area contributed by atoms with Crippen molar-refractivity contribution >= 4 is 5.69 Å². The Labute approximate surface area is 78.0 Å². The highest BCUT2D eigenvalue weighted by atomic mass is 19.1. The number of hydrogen-bond acceptors (Lipinski definition) is 1. The van der Waals surface area contributed by atoms with Gasteiger partial charge < -0.3 is 5.32 Å². The normalized spacial score (nSPS) is 8.85. The SMILES string of the molecule is CC#CCNc1ccc(F)cc1C. The molecule has 0 amide bonds. The minimum atomic E-state index is -0.204. The fourth-order valence-corrected chi connectivity index (χ4v) is 1.05. The van der Waals surface area contributed by atoms with Crippen LogP contribution in [0, 0.1) is 24.6 Å². The van der Waals surface area contributed by atoms with Gasteiger partial charge in [-0.1, -0.05) is 5.92 Å². The Morgan fingerprint density at radius 2 is 2.23 bits per heavy atom. The lowest BCUT2D eigenvalue weighted by Gasteiger charge is -2.05. The van der Waals surface area contributed by atoms with Crippen molar-refractivity contribution in [1.29, 1.82) is 0 Å². The van der Waals surface area contributed by atoms with Crippen molar-refractivity contribution in [3.63, 3.8) is 0 Å². The molecule has 68 valence electrons. The fraction of sp³-hybridized carbons (Fsp3) is 0.273. The Morgan fingerprint density at radius 3 is 2.85 bits per heavy atom. The maximum atomic E-state index is 12.7. The molecule has 13 heavy (non-hydrogen) atoms. The molecule has 2 heteroatoms. The Kier molecular flexibility index (Phi) is 3.33. The first-order valence-corrected chi connectivity index (χ1v) is 4.13. The Balaban J connectivity index is 2.70. The van der Waals surface area contributed by atoms with Crippen molar-refractivity contribution in [3.8, 4) is 11.8 Å².